The molecule has 2 heterocycles. The largest absolute Gasteiger partial charge is 0.444 e. The highest BCUT2D eigenvalue weighted by molar-refractivity contribution is 5.69. The minimum absolute atomic E-state index is 0.00178. The highest BCUT2D eigenvalue weighted by Gasteiger charge is 2.31. The maximum absolute atomic E-state index is 12.4. The number of ether oxygens (including phenoxy) is 1. The third-order valence-electron chi connectivity index (χ3n) is 3.89. The van der Waals surface area contributed by atoms with Crippen LogP contribution in [0.1, 0.15) is 51.3 Å². The summed E-state index contributed by atoms with van der Waals surface area (Å²) in [6.45, 7) is 12.5. The van der Waals surface area contributed by atoms with E-state index in [9.17, 15) is 4.79 Å². The molecule has 5 nitrogen and oxygen atoms in total. The van der Waals surface area contributed by atoms with Gasteiger partial charge < -0.3 is 9.64 Å². The van der Waals surface area contributed by atoms with E-state index >= 15 is 0 Å². The first kappa shape index (κ1) is 17.3. The Kier molecular flexibility index (Phi) is 5.29. The number of amides is 1. The van der Waals surface area contributed by atoms with E-state index < -0.39 is 5.60 Å². The molecular formula is C18H27N3O2. The molecule has 1 N–H and O–H groups in total. The predicted molar refractivity (Wildman–Crippen MR) is 92.1 cm³/mol. The van der Waals surface area contributed by atoms with Crippen LogP contribution >= 0.6 is 0 Å². The van der Waals surface area contributed by atoms with E-state index in [-0.39, 0.29) is 12.1 Å². The van der Waals surface area contributed by atoms with Gasteiger partial charge in [0, 0.05) is 6.54 Å². The molecule has 0 saturated carbocycles. The van der Waals surface area contributed by atoms with Gasteiger partial charge in [0.2, 0.25) is 0 Å². The maximum atomic E-state index is 12.4. The normalized spacial score (nSPS) is 19.1. The highest BCUT2D eigenvalue weighted by Crippen LogP contribution is 2.25. The van der Waals surface area contributed by atoms with Crippen LogP contribution in [0.4, 0.5) is 4.79 Å². The lowest BCUT2D eigenvalue weighted by molar-refractivity contribution is 0.0142. The van der Waals surface area contributed by atoms with Gasteiger partial charge >= 0.3 is 6.09 Å². The number of likely N-dealkylation sites (tertiary alicyclic amines) is 1. The number of carbonyl (C=O) groups excluding carboxylic acids is 1. The number of hydrogen-bond acceptors (Lipinski definition) is 3. The summed E-state index contributed by atoms with van der Waals surface area (Å²) in [6.07, 6.45) is 8.49. The van der Waals surface area contributed by atoms with Crippen molar-refractivity contribution in [2.75, 3.05) is 6.54 Å². The van der Waals surface area contributed by atoms with Crippen molar-refractivity contribution in [2.24, 2.45) is 0 Å². The summed E-state index contributed by atoms with van der Waals surface area (Å²) in [5.74, 6) is 0. The van der Waals surface area contributed by atoms with Crippen LogP contribution in [0.3, 0.4) is 0 Å². The van der Waals surface area contributed by atoms with Crippen LogP contribution in [-0.2, 0) is 4.74 Å². The Labute approximate surface area is 138 Å². The molecule has 1 aliphatic heterocycles. The second kappa shape index (κ2) is 7.02. The molecule has 1 atom stereocenters. The molecule has 1 fully saturated rings. The number of carbonyl (C=O) groups is 1. The van der Waals surface area contributed by atoms with Crippen molar-refractivity contribution in [2.45, 2.75) is 58.6 Å². The molecule has 1 aromatic heterocycles. The van der Waals surface area contributed by atoms with Crippen LogP contribution in [-0.4, -0.2) is 39.4 Å². The third kappa shape index (κ3) is 4.71. The number of H-pyrrole nitrogens is 1. The minimum Gasteiger partial charge on any atom is -0.444 e. The van der Waals surface area contributed by atoms with Crippen molar-refractivity contribution in [3.63, 3.8) is 0 Å². The molecule has 0 aromatic carbocycles. The fourth-order valence-electron chi connectivity index (χ4n) is 2.68. The van der Waals surface area contributed by atoms with Crippen LogP contribution in [0.5, 0.6) is 0 Å². The fraction of sp³-hybridized carbons (Fsp3) is 0.556. The van der Waals surface area contributed by atoms with Gasteiger partial charge in [-0.05, 0) is 64.2 Å². The molecule has 0 aliphatic carbocycles. The Morgan fingerprint density at radius 1 is 1.48 bits per heavy atom. The molecule has 1 aliphatic rings. The van der Waals surface area contributed by atoms with E-state index in [0.29, 0.717) is 0 Å². The van der Waals surface area contributed by atoms with E-state index in [1.807, 2.05) is 39.8 Å². The van der Waals surface area contributed by atoms with E-state index in [2.05, 4.69) is 16.8 Å². The molecule has 0 unspecified atom stereocenters. The summed E-state index contributed by atoms with van der Waals surface area (Å²) < 4.78 is 5.53. The zero-order chi connectivity index (χ0) is 17.0. The van der Waals surface area contributed by atoms with Gasteiger partial charge in [0.25, 0.3) is 0 Å². The topological polar surface area (TPSA) is 58.2 Å². The smallest absolute Gasteiger partial charge is 0.410 e. The minimum atomic E-state index is -0.483. The number of nitrogens with zero attached hydrogens (tertiary/aromatic N) is 2. The predicted octanol–water partition coefficient (Wildman–Crippen LogP) is 4.08. The van der Waals surface area contributed by atoms with Crippen molar-refractivity contribution < 1.29 is 9.53 Å². The third-order valence-corrected chi connectivity index (χ3v) is 3.89. The van der Waals surface area contributed by atoms with Crippen LogP contribution in [0.2, 0.25) is 0 Å². The van der Waals surface area contributed by atoms with Crippen molar-refractivity contribution in [3.05, 3.63) is 35.7 Å². The standard InChI is InChI=1S/C18H27N3O2/c1-13(9-10-15-14(2)12-19-20-15)16-8-6-7-11-21(16)17(22)23-18(3,4)5/h9-10,12,16H,1,6-8,11H2,2-5H3,(H,19,20)/b10-9-/t16-/m0/s1. The molecule has 0 bridgehead atoms. The lowest BCUT2D eigenvalue weighted by Gasteiger charge is -2.37. The number of nitrogens with one attached hydrogen (secondary N) is 1. The van der Waals surface area contributed by atoms with Crippen molar-refractivity contribution in [1.82, 2.24) is 15.1 Å². The fourth-order valence-corrected chi connectivity index (χ4v) is 2.68. The van der Waals surface area contributed by atoms with Crippen LogP contribution in [0, 0.1) is 6.92 Å². The SMILES string of the molecule is C=C(/C=C\c1[nH]ncc1C)[C@@H]1CCCCN1C(=O)OC(C)(C)C. The first-order chi connectivity index (χ1) is 10.8. The molecule has 1 aromatic rings. The van der Waals surface area contributed by atoms with Crippen molar-refractivity contribution in [1.29, 1.82) is 0 Å². The number of hydrogen-bond donors (Lipinski definition) is 1. The maximum Gasteiger partial charge on any atom is 0.410 e. The number of rotatable bonds is 3. The molecule has 5 heteroatoms. The van der Waals surface area contributed by atoms with Gasteiger partial charge in [-0.25, -0.2) is 4.79 Å². The average Bonchev–Trinajstić information content (AvgIpc) is 2.88. The Bertz CT molecular complexity index is 596. The molecule has 2 rings (SSSR count). The van der Waals surface area contributed by atoms with E-state index in [0.717, 1.165) is 42.6 Å². The van der Waals surface area contributed by atoms with Crippen LogP contribution in [0.25, 0.3) is 6.08 Å². The molecule has 126 valence electrons. The molecule has 0 radical (unpaired) electrons. The second-order valence-corrected chi connectivity index (χ2v) is 7.06. The van der Waals surface area contributed by atoms with Gasteiger partial charge in [0.15, 0.2) is 0 Å². The van der Waals surface area contributed by atoms with Gasteiger partial charge in [0.05, 0.1) is 17.9 Å². The lowest BCUT2D eigenvalue weighted by atomic mass is 9.96. The molecule has 0 spiro atoms. The number of aryl methyl sites for hydroxylation is 1. The summed E-state index contributed by atoms with van der Waals surface area (Å²) in [5.41, 5.74) is 2.49. The molecule has 1 amide bonds. The zero-order valence-electron chi connectivity index (χ0n) is 14.6. The van der Waals surface area contributed by atoms with Crippen molar-refractivity contribution in [3.8, 4) is 0 Å². The zero-order valence-corrected chi connectivity index (χ0v) is 14.6. The van der Waals surface area contributed by atoms with Crippen LogP contribution in [0.15, 0.2) is 24.4 Å². The molecular weight excluding hydrogens is 290 g/mol. The number of aromatic nitrogens is 2. The van der Waals surface area contributed by atoms with Gasteiger partial charge in [0.1, 0.15) is 5.60 Å². The molecule has 23 heavy (non-hydrogen) atoms. The summed E-state index contributed by atoms with van der Waals surface area (Å²) in [5, 5.41) is 6.95. The Hall–Kier alpha value is -2.04. The van der Waals surface area contributed by atoms with E-state index in [4.69, 9.17) is 4.74 Å². The number of piperidine rings is 1. The Morgan fingerprint density at radius 3 is 2.83 bits per heavy atom. The Morgan fingerprint density at radius 2 is 2.22 bits per heavy atom. The molecule has 1 saturated heterocycles. The first-order valence-corrected chi connectivity index (χ1v) is 8.14. The quantitative estimate of drug-likeness (QED) is 0.855. The van der Waals surface area contributed by atoms with Gasteiger partial charge in [-0.15, -0.1) is 0 Å². The van der Waals surface area contributed by atoms with E-state index in [1.165, 1.54) is 0 Å². The number of aromatic amines is 1. The monoisotopic (exact) mass is 317 g/mol. The van der Waals surface area contributed by atoms with Gasteiger partial charge in [-0.2, -0.15) is 5.10 Å². The summed E-state index contributed by atoms with van der Waals surface area (Å²) in [7, 11) is 0. The summed E-state index contributed by atoms with van der Waals surface area (Å²) >= 11 is 0. The Balaban J connectivity index is 2.08. The first-order valence-electron chi connectivity index (χ1n) is 8.14. The van der Waals surface area contributed by atoms with Gasteiger partial charge in [-0.1, -0.05) is 12.7 Å². The highest BCUT2D eigenvalue weighted by atomic mass is 16.6. The van der Waals surface area contributed by atoms with Gasteiger partial charge in [-0.3, -0.25) is 5.10 Å². The average molecular weight is 317 g/mol. The van der Waals surface area contributed by atoms with Crippen LogP contribution < -0.4 is 0 Å². The second-order valence-electron chi connectivity index (χ2n) is 7.06. The summed E-state index contributed by atoms with van der Waals surface area (Å²) in [6, 6.07) is -0.00178. The summed E-state index contributed by atoms with van der Waals surface area (Å²) in [4.78, 5) is 14.2. The van der Waals surface area contributed by atoms with Crippen molar-refractivity contribution >= 4 is 12.2 Å². The van der Waals surface area contributed by atoms with E-state index in [1.54, 1.807) is 11.1 Å². The lowest BCUT2D eigenvalue weighted by Crippen LogP contribution is -2.46.